The van der Waals surface area contributed by atoms with Crippen LogP contribution in [0, 0.1) is 0 Å². The first-order valence-corrected chi connectivity index (χ1v) is 14.4. The van der Waals surface area contributed by atoms with Gasteiger partial charge in [0.25, 0.3) is 5.91 Å². The van der Waals surface area contributed by atoms with Crippen LogP contribution in [0.25, 0.3) is 33.2 Å². The number of anilines is 2. The summed E-state index contributed by atoms with van der Waals surface area (Å²) in [5, 5.41) is 8.05. The van der Waals surface area contributed by atoms with E-state index in [-0.39, 0.29) is 17.9 Å². The van der Waals surface area contributed by atoms with Gasteiger partial charge in [-0.1, -0.05) is 18.2 Å². The predicted octanol–water partition coefficient (Wildman–Crippen LogP) is 5.56. The molecule has 42 heavy (non-hydrogen) atoms. The maximum absolute atomic E-state index is 12.7. The van der Waals surface area contributed by atoms with Gasteiger partial charge < -0.3 is 24.7 Å². The average molecular weight is 563 g/mol. The fourth-order valence-electron chi connectivity index (χ4n) is 5.46. The maximum Gasteiger partial charge on any atom is 0.258 e. The van der Waals surface area contributed by atoms with Gasteiger partial charge in [-0.2, -0.15) is 0 Å². The zero-order chi connectivity index (χ0) is 29.1. The highest BCUT2D eigenvalue weighted by molar-refractivity contribution is 5.93. The topological polar surface area (TPSA) is 96.7 Å². The van der Waals surface area contributed by atoms with Crippen LogP contribution in [0.15, 0.2) is 82.0 Å². The second-order valence-corrected chi connectivity index (χ2v) is 10.8. The zero-order valence-corrected chi connectivity index (χ0v) is 23.9. The summed E-state index contributed by atoms with van der Waals surface area (Å²) >= 11 is 0. The van der Waals surface area contributed by atoms with E-state index >= 15 is 0 Å². The molecular formula is C34H34N4O4. The number of nitrogens with zero attached hydrogens (tertiary/aromatic N) is 2. The van der Waals surface area contributed by atoms with Gasteiger partial charge in [-0.25, -0.2) is 0 Å². The molecule has 0 saturated heterocycles. The highest BCUT2D eigenvalue weighted by Gasteiger charge is 2.18. The van der Waals surface area contributed by atoms with Gasteiger partial charge >= 0.3 is 0 Å². The Labute approximate surface area is 244 Å². The van der Waals surface area contributed by atoms with Crippen molar-refractivity contribution in [2.75, 3.05) is 44.0 Å². The number of aromatic nitrogens is 1. The van der Waals surface area contributed by atoms with Crippen molar-refractivity contribution in [1.29, 1.82) is 0 Å². The molecule has 214 valence electrons. The number of amides is 1. The zero-order valence-electron chi connectivity index (χ0n) is 23.9. The van der Waals surface area contributed by atoms with Gasteiger partial charge in [-0.3, -0.25) is 14.6 Å². The number of carbonyl (C=O) groups excluding carboxylic acids is 1. The van der Waals surface area contributed by atoms with Crippen molar-refractivity contribution in [3.8, 4) is 17.1 Å². The molecule has 0 fully saturated rings. The minimum absolute atomic E-state index is 0.136. The highest BCUT2D eigenvalue weighted by Crippen LogP contribution is 2.33. The largest absolute Gasteiger partial charge is 0.484 e. The lowest BCUT2D eigenvalue weighted by Gasteiger charge is -2.21. The maximum atomic E-state index is 12.7. The van der Waals surface area contributed by atoms with E-state index < -0.39 is 0 Å². The Morgan fingerprint density at radius 3 is 2.60 bits per heavy atom. The lowest BCUT2D eigenvalue weighted by molar-refractivity contribution is -0.123. The molecule has 3 aromatic carbocycles. The molecule has 0 radical (unpaired) electrons. The number of ether oxygens (including phenoxy) is 1. The van der Waals surface area contributed by atoms with Gasteiger partial charge in [-0.15, -0.1) is 0 Å². The minimum Gasteiger partial charge on any atom is -0.484 e. The minimum atomic E-state index is -0.227. The summed E-state index contributed by atoms with van der Waals surface area (Å²) < 4.78 is 11.8. The first kappa shape index (κ1) is 27.3. The summed E-state index contributed by atoms with van der Waals surface area (Å²) in [5.41, 5.74) is 6.74. The molecule has 0 saturated carbocycles. The van der Waals surface area contributed by atoms with Crippen LogP contribution in [0.3, 0.4) is 0 Å². The van der Waals surface area contributed by atoms with Gasteiger partial charge in [0.2, 0.25) is 0 Å². The summed E-state index contributed by atoms with van der Waals surface area (Å²) in [5.74, 6) is 0.701. The van der Waals surface area contributed by atoms with Crippen molar-refractivity contribution in [3.63, 3.8) is 0 Å². The number of para-hydroxylation sites is 1. The van der Waals surface area contributed by atoms with Gasteiger partial charge in [0.1, 0.15) is 17.1 Å². The first-order valence-electron chi connectivity index (χ1n) is 14.4. The van der Waals surface area contributed by atoms with Crippen molar-refractivity contribution < 1.29 is 13.9 Å². The number of benzene rings is 3. The summed E-state index contributed by atoms with van der Waals surface area (Å²) in [6.45, 7) is 0.900. The monoisotopic (exact) mass is 562 g/mol. The van der Waals surface area contributed by atoms with Crippen LogP contribution in [0.4, 0.5) is 11.4 Å². The van der Waals surface area contributed by atoms with Gasteiger partial charge in [0.15, 0.2) is 12.0 Å². The Kier molecular flexibility index (Phi) is 7.77. The van der Waals surface area contributed by atoms with Crippen molar-refractivity contribution in [1.82, 2.24) is 10.3 Å². The molecule has 0 atom stereocenters. The Morgan fingerprint density at radius 1 is 0.952 bits per heavy atom. The number of hydrogen-bond donors (Lipinski definition) is 2. The van der Waals surface area contributed by atoms with Gasteiger partial charge in [-0.05, 0) is 73.7 Å². The Morgan fingerprint density at radius 2 is 1.76 bits per heavy atom. The van der Waals surface area contributed by atoms with Crippen molar-refractivity contribution >= 4 is 39.2 Å². The smallest absolute Gasteiger partial charge is 0.258 e. The van der Waals surface area contributed by atoms with Crippen LogP contribution in [0.2, 0.25) is 0 Å². The molecule has 0 bridgehead atoms. The molecule has 1 aliphatic rings. The van der Waals surface area contributed by atoms with E-state index in [1.165, 1.54) is 30.2 Å². The van der Waals surface area contributed by atoms with Crippen LogP contribution in [-0.2, 0) is 17.6 Å². The predicted molar refractivity (Wildman–Crippen MR) is 168 cm³/mol. The standard InChI is InChI=1S/C34H34N4O4/c1-38(2)23-13-11-22(12-14-23)31-20-30(39)27-16-15-24(19-32(27)42-31)41-21-33(40)35-17-18-36-34-25-7-3-5-9-28(25)37-29-10-6-4-8-26(29)34/h3,5,7,9,11-16,19-20H,4,6,8,10,17-18,21H2,1-2H3,(H,35,40)(H,36,37). The molecule has 0 unspecified atom stereocenters. The van der Waals surface area contributed by atoms with E-state index in [2.05, 4.69) is 22.8 Å². The third-order valence-electron chi connectivity index (χ3n) is 7.66. The fraction of sp³-hybridized carbons (Fsp3) is 0.265. The molecule has 5 aromatic rings. The van der Waals surface area contributed by atoms with Crippen LogP contribution in [0.5, 0.6) is 5.75 Å². The molecule has 0 aliphatic heterocycles. The Bertz CT molecular complexity index is 1810. The number of hydrogen-bond acceptors (Lipinski definition) is 7. The third-order valence-corrected chi connectivity index (χ3v) is 7.66. The highest BCUT2D eigenvalue weighted by atomic mass is 16.5. The van der Waals surface area contributed by atoms with E-state index in [0.717, 1.165) is 40.7 Å². The number of rotatable bonds is 9. The first-order chi connectivity index (χ1) is 20.5. The van der Waals surface area contributed by atoms with Crippen molar-refractivity contribution in [2.45, 2.75) is 25.7 Å². The van der Waals surface area contributed by atoms with Gasteiger partial charge in [0, 0.05) is 67.3 Å². The molecule has 1 amide bonds. The lowest BCUT2D eigenvalue weighted by Crippen LogP contribution is -2.33. The number of pyridine rings is 1. The average Bonchev–Trinajstić information content (AvgIpc) is 3.01. The molecule has 2 aromatic heterocycles. The molecule has 8 heteroatoms. The second kappa shape index (κ2) is 11.9. The number of fused-ring (bicyclic) bond motifs is 3. The van der Waals surface area contributed by atoms with Crippen molar-refractivity contribution in [2.24, 2.45) is 0 Å². The summed E-state index contributed by atoms with van der Waals surface area (Å²) in [7, 11) is 3.94. The summed E-state index contributed by atoms with van der Waals surface area (Å²) in [6.07, 6.45) is 4.36. The third kappa shape index (κ3) is 5.79. The number of aryl methyl sites for hydroxylation is 1. The number of carbonyl (C=O) groups is 1. The summed E-state index contributed by atoms with van der Waals surface area (Å²) in [4.78, 5) is 32.2. The van der Waals surface area contributed by atoms with E-state index in [9.17, 15) is 9.59 Å². The van der Waals surface area contributed by atoms with E-state index in [1.807, 2.05) is 55.4 Å². The molecular weight excluding hydrogens is 528 g/mol. The van der Waals surface area contributed by atoms with E-state index in [1.54, 1.807) is 18.2 Å². The van der Waals surface area contributed by atoms with Crippen LogP contribution >= 0.6 is 0 Å². The van der Waals surface area contributed by atoms with Crippen molar-refractivity contribution in [3.05, 3.63) is 94.3 Å². The summed E-state index contributed by atoms with van der Waals surface area (Å²) in [6, 6.07) is 22.5. The van der Waals surface area contributed by atoms with E-state index in [4.69, 9.17) is 14.1 Å². The van der Waals surface area contributed by atoms with E-state index in [0.29, 0.717) is 35.6 Å². The molecule has 8 nitrogen and oxygen atoms in total. The fourth-order valence-corrected chi connectivity index (χ4v) is 5.46. The molecule has 0 spiro atoms. The normalized spacial score (nSPS) is 12.6. The van der Waals surface area contributed by atoms with Gasteiger partial charge in [0.05, 0.1) is 10.9 Å². The number of nitrogens with one attached hydrogen (secondary N) is 2. The molecule has 1 aliphatic carbocycles. The van der Waals surface area contributed by atoms with Crippen LogP contribution in [0.1, 0.15) is 24.1 Å². The lowest BCUT2D eigenvalue weighted by atomic mass is 9.92. The molecule has 2 N–H and O–H groups in total. The molecule has 6 rings (SSSR count). The molecule has 2 heterocycles. The van der Waals surface area contributed by atoms with Crippen LogP contribution < -0.4 is 25.7 Å². The Hall–Kier alpha value is -4.85. The SMILES string of the molecule is CN(C)c1ccc(-c2cc(=O)c3ccc(OCC(=O)NCCNc4c5c(nc6ccccc46)CCCC5)cc3o2)cc1. The Balaban J connectivity index is 1.07. The second-order valence-electron chi connectivity index (χ2n) is 10.8. The van der Waals surface area contributed by atoms with Crippen LogP contribution in [-0.4, -0.2) is 44.7 Å². The quantitative estimate of drug-likeness (QED) is 0.227.